The third-order valence-corrected chi connectivity index (χ3v) is 3.31. The maximum Gasteiger partial charge on any atom is 0.251 e. The first kappa shape index (κ1) is 12.6. The van der Waals surface area contributed by atoms with E-state index in [1.807, 2.05) is 0 Å². The average molecular weight is 246 g/mol. The van der Waals surface area contributed by atoms with E-state index >= 15 is 0 Å². The van der Waals surface area contributed by atoms with Crippen molar-refractivity contribution < 1.29 is 9.59 Å². The highest BCUT2D eigenvalue weighted by Gasteiger charge is 2.19. The van der Waals surface area contributed by atoms with Crippen LogP contribution in [0.1, 0.15) is 42.6 Å². The maximum atomic E-state index is 12.0. The number of carbonyl (C=O) groups excluding carboxylic acids is 2. The van der Waals surface area contributed by atoms with Crippen LogP contribution in [0.5, 0.6) is 0 Å². The number of hydrogen-bond donors (Lipinski definition) is 2. The van der Waals surface area contributed by atoms with Crippen LogP contribution in [0.25, 0.3) is 0 Å². The second-order valence-electron chi connectivity index (χ2n) is 4.58. The number of carbonyl (C=O) groups is 2. The van der Waals surface area contributed by atoms with Gasteiger partial charge in [0.05, 0.1) is 6.42 Å². The summed E-state index contributed by atoms with van der Waals surface area (Å²) in [5, 5.41) is 5.75. The lowest BCUT2D eigenvalue weighted by Crippen LogP contribution is -2.33. The number of hydrogen-bond acceptors (Lipinski definition) is 2. The number of nitrogens with one attached hydrogen (secondary N) is 2. The van der Waals surface area contributed by atoms with E-state index in [4.69, 9.17) is 0 Å². The van der Waals surface area contributed by atoms with Crippen molar-refractivity contribution in [2.24, 2.45) is 0 Å². The minimum Gasteiger partial charge on any atom is -0.349 e. The van der Waals surface area contributed by atoms with Crippen LogP contribution in [0, 0.1) is 0 Å². The van der Waals surface area contributed by atoms with Gasteiger partial charge in [0.15, 0.2) is 0 Å². The molecular formula is C14H18N2O2. The zero-order valence-corrected chi connectivity index (χ0v) is 10.7. The monoisotopic (exact) mass is 246 g/mol. The summed E-state index contributed by atoms with van der Waals surface area (Å²) in [5.41, 5.74) is 2.34. The van der Waals surface area contributed by atoms with E-state index in [0.717, 1.165) is 24.1 Å². The third-order valence-electron chi connectivity index (χ3n) is 3.31. The maximum absolute atomic E-state index is 12.0. The molecule has 4 heteroatoms. The van der Waals surface area contributed by atoms with Crippen molar-refractivity contribution in [3.05, 3.63) is 29.3 Å². The molecule has 96 valence electrons. The molecule has 18 heavy (non-hydrogen) atoms. The Kier molecular flexibility index (Phi) is 3.65. The van der Waals surface area contributed by atoms with Gasteiger partial charge in [-0.1, -0.05) is 13.8 Å². The van der Waals surface area contributed by atoms with Crippen molar-refractivity contribution in [3.8, 4) is 0 Å². The minimum absolute atomic E-state index is 0.0115. The van der Waals surface area contributed by atoms with Gasteiger partial charge in [-0.15, -0.1) is 0 Å². The van der Waals surface area contributed by atoms with E-state index in [1.165, 1.54) is 0 Å². The van der Waals surface area contributed by atoms with E-state index in [-0.39, 0.29) is 17.9 Å². The lowest BCUT2D eigenvalue weighted by molar-refractivity contribution is -0.115. The molecule has 2 amide bonds. The highest BCUT2D eigenvalue weighted by molar-refractivity contribution is 6.01. The van der Waals surface area contributed by atoms with Crippen LogP contribution in [0.4, 0.5) is 5.69 Å². The number of rotatable bonds is 4. The lowest BCUT2D eigenvalue weighted by Gasteiger charge is -2.14. The van der Waals surface area contributed by atoms with Crippen molar-refractivity contribution >= 4 is 17.5 Å². The van der Waals surface area contributed by atoms with E-state index in [9.17, 15) is 9.59 Å². The molecule has 0 aromatic heterocycles. The minimum atomic E-state index is -0.0640. The van der Waals surface area contributed by atoms with Crippen molar-refractivity contribution in [3.63, 3.8) is 0 Å². The van der Waals surface area contributed by atoms with Crippen molar-refractivity contribution in [1.82, 2.24) is 5.32 Å². The van der Waals surface area contributed by atoms with Gasteiger partial charge in [0, 0.05) is 17.3 Å². The molecule has 0 spiro atoms. The summed E-state index contributed by atoms with van der Waals surface area (Å²) in [6.45, 7) is 4.11. The highest BCUT2D eigenvalue weighted by atomic mass is 16.2. The fourth-order valence-corrected chi connectivity index (χ4v) is 2.13. The normalized spacial score (nSPS) is 13.4. The van der Waals surface area contributed by atoms with Crippen LogP contribution in [0.15, 0.2) is 18.2 Å². The van der Waals surface area contributed by atoms with E-state index in [2.05, 4.69) is 24.5 Å². The van der Waals surface area contributed by atoms with Gasteiger partial charge >= 0.3 is 0 Å². The Bertz CT molecular complexity index is 479. The van der Waals surface area contributed by atoms with Gasteiger partial charge in [0.25, 0.3) is 5.91 Å². The van der Waals surface area contributed by atoms with Crippen LogP contribution in [-0.2, 0) is 11.2 Å². The summed E-state index contributed by atoms with van der Waals surface area (Å²) in [4.78, 5) is 23.3. The zero-order valence-electron chi connectivity index (χ0n) is 10.7. The Morgan fingerprint density at radius 2 is 2.11 bits per heavy atom. The smallest absolute Gasteiger partial charge is 0.251 e. The Labute approximate surface area is 107 Å². The average Bonchev–Trinajstić information content (AvgIpc) is 2.74. The molecule has 0 atom stereocenters. The number of amides is 2. The van der Waals surface area contributed by atoms with Crippen LogP contribution in [0.2, 0.25) is 0 Å². The molecule has 1 aromatic rings. The Morgan fingerprint density at radius 1 is 1.39 bits per heavy atom. The molecule has 1 aromatic carbocycles. The van der Waals surface area contributed by atoms with Gasteiger partial charge in [0.2, 0.25) is 5.91 Å². The Hall–Kier alpha value is -1.84. The van der Waals surface area contributed by atoms with Crippen molar-refractivity contribution in [2.45, 2.75) is 39.2 Å². The van der Waals surface area contributed by atoms with Crippen LogP contribution in [-0.4, -0.2) is 17.9 Å². The summed E-state index contributed by atoms with van der Waals surface area (Å²) < 4.78 is 0. The van der Waals surface area contributed by atoms with Crippen molar-refractivity contribution in [1.29, 1.82) is 0 Å². The zero-order chi connectivity index (χ0) is 13.1. The van der Waals surface area contributed by atoms with Gasteiger partial charge in [-0.3, -0.25) is 9.59 Å². The second-order valence-corrected chi connectivity index (χ2v) is 4.58. The Balaban J connectivity index is 2.13. The topological polar surface area (TPSA) is 58.2 Å². The van der Waals surface area contributed by atoms with Crippen LogP contribution >= 0.6 is 0 Å². The fourth-order valence-electron chi connectivity index (χ4n) is 2.13. The molecule has 0 unspecified atom stereocenters. The summed E-state index contributed by atoms with van der Waals surface area (Å²) in [5.74, 6) is -0.0756. The van der Waals surface area contributed by atoms with Gasteiger partial charge in [-0.25, -0.2) is 0 Å². The number of benzene rings is 1. The quantitative estimate of drug-likeness (QED) is 0.854. The van der Waals surface area contributed by atoms with Gasteiger partial charge < -0.3 is 10.6 Å². The van der Waals surface area contributed by atoms with Gasteiger partial charge in [0.1, 0.15) is 0 Å². The SMILES string of the molecule is CCC(CC)NC(=O)c1ccc2c(c1)CC(=O)N2. The van der Waals surface area contributed by atoms with Crippen LogP contribution < -0.4 is 10.6 Å². The van der Waals surface area contributed by atoms with Gasteiger partial charge in [-0.2, -0.15) is 0 Å². The molecule has 1 aliphatic rings. The van der Waals surface area contributed by atoms with Crippen molar-refractivity contribution in [2.75, 3.05) is 5.32 Å². The van der Waals surface area contributed by atoms with E-state index in [0.29, 0.717) is 12.0 Å². The molecule has 1 aliphatic heterocycles. The third kappa shape index (κ3) is 2.53. The molecule has 2 rings (SSSR count). The summed E-state index contributed by atoms with van der Waals surface area (Å²) >= 11 is 0. The predicted octanol–water partition coefficient (Wildman–Crippen LogP) is 2.10. The fraction of sp³-hybridized carbons (Fsp3) is 0.429. The summed E-state index contributed by atoms with van der Waals surface area (Å²) in [6.07, 6.45) is 2.21. The number of fused-ring (bicyclic) bond motifs is 1. The van der Waals surface area contributed by atoms with E-state index in [1.54, 1.807) is 18.2 Å². The largest absolute Gasteiger partial charge is 0.349 e. The molecule has 1 heterocycles. The molecule has 0 bridgehead atoms. The molecule has 0 aliphatic carbocycles. The molecule has 0 fully saturated rings. The summed E-state index contributed by atoms with van der Waals surface area (Å²) in [7, 11) is 0. The first-order valence-electron chi connectivity index (χ1n) is 6.37. The van der Waals surface area contributed by atoms with Crippen LogP contribution in [0.3, 0.4) is 0 Å². The molecule has 2 N–H and O–H groups in total. The first-order valence-corrected chi connectivity index (χ1v) is 6.37. The molecular weight excluding hydrogens is 228 g/mol. The number of anilines is 1. The highest BCUT2D eigenvalue weighted by Crippen LogP contribution is 2.23. The molecule has 4 nitrogen and oxygen atoms in total. The molecule has 0 radical (unpaired) electrons. The van der Waals surface area contributed by atoms with Gasteiger partial charge in [-0.05, 0) is 36.6 Å². The second kappa shape index (κ2) is 5.21. The molecule has 0 saturated carbocycles. The standard InChI is InChI=1S/C14H18N2O2/c1-3-11(4-2)15-14(18)9-5-6-12-10(7-9)8-13(17)16-12/h5-7,11H,3-4,8H2,1-2H3,(H,15,18)(H,16,17). The lowest BCUT2D eigenvalue weighted by atomic mass is 10.1. The Morgan fingerprint density at radius 3 is 2.78 bits per heavy atom. The summed E-state index contributed by atoms with van der Waals surface area (Å²) in [6, 6.07) is 5.56. The predicted molar refractivity (Wildman–Crippen MR) is 70.6 cm³/mol. The van der Waals surface area contributed by atoms with E-state index < -0.39 is 0 Å². The molecule has 0 saturated heterocycles. The first-order chi connectivity index (χ1) is 8.63.